The molecule has 18 heavy (non-hydrogen) atoms. The highest BCUT2D eigenvalue weighted by molar-refractivity contribution is 7.20. The van der Waals surface area contributed by atoms with E-state index in [1.165, 1.54) is 0 Å². The minimum absolute atomic E-state index is 0.157. The summed E-state index contributed by atoms with van der Waals surface area (Å²) in [6.45, 7) is 0. The topological polar surface area (TPSA) is 34.9 Å². The molecule has 0 spiro atoms. The Morgan fingerprint density at radius 1 is 1.39 bits per heavy atom. The Hall–Kier alpha value is -1.94. The number of Topliss-reactive ketones (excluding diaryl/α,β-unsaturated/α-hetero) is 1. The van der Waals surface area contributed by atoms with Gasteiger partial charge in [0.05, 0.1) is 11.1 Å². The first-order chi connectivity index (χ1) is 8.72. The summed E-state index contributed by atoms with van der Waals surface area (Å²) < 4.78 is 2.88. The molecule has 90 valence electrons. The lowest BCUT2D eigenvalue weighted by Crippen LogP contribution is -1.99. The number of thiophene rings is 1. The van der Waals surface area contributed by atoms with Crippen LogP contribution in [0.2, 0.25) is 0 Å². The molecule has 3 rings (SSSR count). The molecule has 2 heterocycles. The van der Waals surface area contributed by atoms with Crippen LogP contribution in [0.15, 0.2) is 42.7 Å². The van der Waals surface area contributed by atoms with E-state index in [0.717, 1.165) is 20.5 Å². The summed E-state index contributed by atoms with van der Waals surface area (Å²) in [5, 5.41) is 5.21. The molecule has 0 N–H and O–H groups in total. The average Bonchev–Trinajstić information content (AvgIpc) is 2.95. The van der Waals surface area contributed by atoms with Gasteiger partial charge in [0.2, 0.25) is 0 Å². The van der Waals surface area contributed by atoms with Crippen molar-refractivity contribution >= 4 is 27.2 Å². The Bertz CT molecular complexity index is 678. The van der Waals surface area contributed by atoms with Crippen molar-refractivity contribution in [3.8, 4) is 0 Å². The third-order valence-corrected chi connectivity index (χ3v) is 3.98. The van der Waals surface area contributed by atoms with E-state index >= 15 is 0 Å². The largest absolute Gasteiger partial charge is 0.293 e. The molecule has 0 aliphatic rings. The lowest BCUT2D eigenvalue weighted by Gasteiger charge is -1.93. The molecule has 0 unspecified atom stereocenters. The highest BCUT2D eigenvalue weighted by Crippen LogP contribution is 2.26. The second-order valence-electron chi connectivity index (χ2n) is 4.27. The van der Waals surface area contributed by atoms with Crippen LogP contribution >= 0.6 is 11.3 Å². The van der Waals surface area contributed by atoms with Crippen molar-refractivity contribution in [3.63, 3.8) is 0 Å². The number of carbonyl (C=O) groups is 1. The van der Waals surface area contributed by atoms with Crippen LogP contribution in [0.3, 0.4) is 0 Å². The zero-order valence-corrected chi connectivity index (χ0v) is 10.8. The Kier molecular flexibility index (Phi) is 2.72. The summed E-state index contributed by atoms with van der Waals surface area (Å²) in [7, 11) is 1.85. The van der Waals surface area contributed by atoms with Gasteiger partial charge in [-0.3, -0.25) is 9.48 Å². The molecule has 0 saturated heterocycles. The molecule has 4 heteroatoms. The van der Waals surface area contributed by atoms with Gasteiger partial charge in [0.15, 0.2) is 5.78 Å². The van der Waals surface area contributed by atoms with E-state index in [4.69, 9.17) is 0 Å². The third kappa shape index (κ3) is 2.07. The van der Waals surface area contributed by atoms with Gasteiger partial charge in [-0.15, -0.1) is 11.3 Å². The van der Waals surface area contributed by atoms with E-state index < -0.39 is 0 Å². The molecular formula is C14H12N2OS. The number of aryl methyl sites for hydroxylation is 1. The Balaban J connectivity index is 1.87. The summed E-state index contributed by atoms with van der Waals surface area (Å²) in [6.07, 6.45) is 4.04. The van der Waals surface area contributed by atoms with Gasteiger partial charge in [-0.05, 0) is 23.1 Å². The zero-order valence-electron chi connectivity index (χ0n) is 9.96. The number of nitrogens with zero attached hydrogens (tertiary/aromatic N) is 2. The number of hydrogen-bond acceptors (Lipinski definition) is 3. The van der Waals surface area contributed by atoms with E-state index in [2.05, 4.69) is 5.10 Å². The van der Waals surface area contributed by atoms with Crippen molar-refractivity contribution in [1.82, 2.24) is 9.78 Å². The first kappa shape index (κ1) is 11.2. The van der Waals surface area contributed by atoms with Crippen LogP contribution < -0.4 is 0 Å². The minimum Gasteiger partial charge on any atom is -0.293 e. The number of carbonyl (C=O) groups excluding carboxylic acids is 1. The van der Waals surface area contributed by atoms with Gasteiger partial charge in [-0.1, -0.05) is 18.2 Å². The summed E-state index contributed by atoms with van der Waals surface area (Å²) in [6, 6.07) is 10.0. The van der Waals surface area contributed by atoms with Crippen molar-refractivity contribution < 1.29 is 4.79 Å². The number of fused-ring (bicyclic) bond motifs is 1. The predicted octanol–water partition coefficient (Wildman–Crippen LogP) is 3.06. The van der Waals surface area contributed by atoms with Gasteiger partial charge in [-0.2, -0.15) is 5.10 Å². The molecule has 0 aliphatic heterocycles. The molecule has 0 saturated carbocycles. The molecular weight excluding hydrogens is 244 g/mol. The zero-order chi connectivity index (χ0) is 12.5. The number of hydrogen-bond donors (Lipinski definition) is 0. The maximum absolute atomic E-state index is 12.2. The van der Waals surface area contributed by atoms with Crippen LogP contribution in [-0.4, -0.2) is 15.6 Å². The van der Waals surface area contributed by atoms with Crippen LogP contribution in [0, 0.1) is 0 Å². The monoisotopic (exact) mass is 256 g/mol. The predicted molar refractivity (Wildman–Crippen MR) is 73.1 cm³/mol. The van der Waals surface area contributed by atoms with Crippen LogP contribution in [-0.2, 0) is 13.5 Å². The number of rotatable bonds is 3. The lowest BCUT2D eigenvalue weighted by molar-refractivity contribution is 0.0997. The van der Waals surface area contributed by atoms with Crippen molar-refractivity contribution in [2.24, 2.45) is 7.05 Å². The first-order valence-corrected chi connectivity index (χ1v) is 6.53. The van der Waals surface area contributed by atoms with Gasteiger partial charge in [0, 0.05) is 24.4 Å². The van der Waals surface area contributed by atoms with E-state index in [1.54, 1.807) is 22.2 Å². The molecule has 0 radical (unpaired) electrons. The van der Waals surface area contributed by atoms with Crippen LogP contribution in [0.5, 0.6) is 0 Å². The Morgan fingerprint density at radius 3 is 2.94 bits per heavy atom. The van der Waals surface area contributed by atoms with Crippen LogP contribution in [0.25, 0.3) is 10.1 Å². The molecule has 3 aromatic rings. The fourth-order valence-electron chi connectivity index (χ4n) is 1.95. The second-order valence-corrected chi connectivity index (χ2v) is 5.35. The van der Waals surface area contributed by atoms with E-state index in [9.17, 15) is 4.79 Å². The van der Waals surface area contributed by atoms with Gasteiger partial charge >= 0.3 is 0 Å². The molecule has 0 atom stereocenters. The summed E-state index contributed by atoms with van der Waals surface area (Å²) in [4.78, 5) is 13.0. The molecule has 0 aliphatic carbocycles. The maximum atomic E-state index is 12.2. The molecule has 0 amide bonds. The van der Waals surface area contributed by atoms with Gasteiger partial charge < -0.3 is 0 Å². The Morgan fingerprint density at radius 2 is 2.22 bits per heavy atom. The smallest absolute Gasteiger partial charge is 0.177 e. The van der Waals surface area contributed by atoms with E-state index in [1.807, 2.05) is 43.6 Å². The first-order valence-electron chi connectivity index (χ1n) is 5.72. The van der Waals surface area contributed by atoms with Gasteiger partial charge in [0.1, 0.15) is 0 Å². The van der Waals surface area contributed by atoms with Crippen molar-refractivity contribution in [1.29, 1.82) is 0 Å². The van der Waals surface area contributed by atoms with Crippen LogP contribution in [0.1, 0.15) is 15.2 Å². The quantitative estimate of drug-likeness (QED) is 0.675. The average molecular weight is 256 g/mol. The normalized spacial score (nSPS) is 10.9. The number of benzene rings is 1. The highest BCUT2D eigenvalue weighted by Gasteiger charge is 2.11. The summed E-state index contributed by atoms with van der Waals surface area (Å²) >= 11 is 1.55. The molecule has 2 aromatic heterocycles. The van der Waals surface area contributed by atoms with Crippen molar-refractivity contribution in [2.75, 3.05) is 0 Å². The van der Waals surface area contributed by atoms with Crippen LogP contribution in [0.4, 0.5) is 0 Å². The summed E-state index contributed by atoms with van der Waals surface area (Å²) in [5.74, 6) is 0.157. The van der Waals surface area contributed by atoms with E-state index in [0.29, 0.717) is 6.42 Å². The SMILES string of the molecule is Cn1cc(CC(=O)c2cc3ccccc3s2)cn1. The van der Waals surface area contributed by atoms with Crippen molar-refractivity contribution in [2.45, 2.75) is 6.42 Å². The molecule has 1 aromatic carbocycles. The molecule has 0 fully saturated rings. The van der Waals surface area contributed by atoms with Gasteiger partial charge in [-0.25, -0.2) is 0 Å². The standard InChI is InChI=1S/C14H12N2OS/c1-16-9-10(8-15-16)6-12(17)14-7-11-4-2-3-5-13(11)18-14/h2-5,7-9H,6H2,1H3. The lowest BCUT2D eigenvalue weighted by atomic mass is 10.1. The maximum Gasteiger partial charge on any atom is 0.177 e. The molecule has 3 nitrogen and oxygen atoms in total. The van der Waals surface area contributed by atoms with Crippen molar-refractivity contribution in [3.05, 3.63) is 53.2 Å². The molecule has 0 bridgehead atoms. The minimum atomic E-state index is 0.157. The fourth-order valence-corrected chi connectivity index (χ4v) is 2.96. The van der Waals surface area contributed by atoms with E-state index in [-0.39, 0.29) is 5.78 Å². The summed E-state index contributed by atoms with van der Waals surface area (Å²) in [5.41, 5.74) is 0.958. The fraction of sp³-hybridized carbons (Fsp3) is 0.143. The number of ketones is 1. The highest BCUT2D eigenvalue weighted by atomic mass is 32.1. The Labute approximate surface area is 109 Å². The number of aromatic nitrogens is 2. The van der Waals surface area contributed by atoms with Gasteiger partial charge in [0.25, 0.3) is 0 Å². The second kappa shape index (κ2) is 4.38. The third-order valence-electron chi connectivity index (χ3n) is 2.82.